The molecule has 2 atom stereocenters. The van der Waals surface area contributed by atoms with E-state index < -0.39 is 29.9 Å². The van der Waals surface area contributed by atoms with Crippen molar-refractivity contribution in [1.29, 1.82) is 0 Å². The maximum absolute atomic E-state index is 14.0. The number of hydrogen-bond acceptors (Lipinski definition) is 5. The fraction of sp³-hybridized carbons (Fsp3) is 0.0909. The smallest absolute Gasteiger partial charge is 0.339 e. The maximum Gasteiger partial charge on any atom is 0.339 e. The number of carbonyl (C=O) groups is 3. The molecule has 53 heavy (non-hydrogen) atoms. The van der Waals surface area contributed by atoms with Crippen molar-refractivity contribution >= 4 is 46.2 Å². The van der Waals surface area contributed by atoms with E-state index in [9.17, 15) is 24.6 Å². The molecule has 1 aromatic heterocycles. The van der Waals surface area contributed by atoms with Gasteiger partial charge in [-0.3, -0.25) is 4.79 Å². The summed E-state index contributed by atoms with van der Waals surface area (Å²) in [7, 11) is 0. The van der Waals surface area contributed by atoms with E-state index in [1.54, 1.807) is 42.5 Å². The Labute approximate surface area is 311 Å². The summed E-state index contributed by atoms with van der Waals surface area (Å²) in [5.74, 6) is 9.25. The van der Waals surface area contributed by atoms with Gasteiger partial charge in [0.1, 0.15) is 23.5 Å². The number of nitrogens with zero attached hydrogens (tertiary/aromatic N) is 1. The third-order valence-corrected chi connectivity index (χ3v) is 8.52. The van der Waals surface area contributed by atoms with E-state index in [4.69, 9.17) is 11.6 Å². The van der Waals surface area contributed by atoms with Gasteiger partial charge in [0.25, 0.3) is 0 Å². The monoisotopic (exact) mass is 717 g/mol. The first kappa shape index (κ1) is 35.9. The summed E-state index contributed by atoms with van der Waals surface area (Å²) < 4.78 is 0. The lowest BCUT2D eigenvalue weighted by atomic mass is 10.0. The number of amides is 1. The van der Waals surface area contributed by atoms with Crippen LogP contribution in [0, 0.1) is 23.7 Å². The Morgan fingerprint density at radius 2 is 1.11 bits per heavy atom. The average Bonchev–Trinajstić information content (AvgIpc) is 3.17. The van der Waals surface area contributed by atoms with Gasteiger partial charge in [0.15, 0.2) is 0 Å². The Hall–Kier alpha value is -6.87. The van der Waals surface area contributed by atoms with Crippen molar-refractivity contribution in [2.45, 2.75) is 24.9 Å². The summed E-state index contributed by atoms with van der Waals surface area (Å²) in [5.41, 5.74) is 4.97. The highest BCUT2D eigenvalue weighted by molar-refractivity contribution is 6.31. The van der Waals surface area contributed by atoms with Crippen molar-refractivity contribution in [2.75, 3.05) is 5.32 Å². The molecule has 0 bridgehead atoms. The van der Waals surface area contributed by atoms with Crippen LogP contribution in [0.4, 0.5) is 5.82 Å². The lowest BCUT2D eigenvalue weighted by Gasteiger charge is -2.23. The molecule has 0 aliphatic heterocycles. The Morgan fingerprint density at radius 3 is 1.60 bits per heavy atom. The molecule has 2 unspecified atom stereocenters. The minimum atomic E-state index is -1.28. The van der Waals surface area contributed by atoms with Crippen LogP contribution in [0.3, 0.4) is 0 Å². The average molecular weight is 718 g/mol. The lowest BCUT2D eigenvalue weighted by Crippen LogP contribution is -2.49. The highest BCUT2D eigenvalue weighted by Crippen LogP contribution is 2.25. The van der Waals surface area contributed by atoms with E-state index in [1.165, 1.54) is 6.07 Å². The summed E-state index contributed by atoms with van der Waals surface area (Å²) >= 11 is 6.14. The minimum Gasteiger partial charge on any atom is -0.480 e. The molecular formula is C44H32ClN3O5. The number of rotatable bonds is 10. The first-order valence-corrected chi connectivity index (χ1v) is 17.0. The Morgan fingerprint density at radius 1 is 0.623 bits per heavy atom. The van der Waals surface area contributed by atoms with E-state index in [0.29, 0.717) is 21.5 Å². The molecule has 1 heterocycles. The number of aromatic nitrogens is 1. The number of aromatic carboxylic acids is 1. The van der Waals surface area contributed by atoms with Gasteiger partial charge < -0.3 is 20.8 Å². The Bertz CT molecular complexity index is 2390. The zero-order chi connectivity index (χ0) is 37.2. The third-order valence-electron chi connectivity index (χ3n) is 8.29. The Balaban J connectivity index is 1.24. The van der Waals surface area contributed by atoms with Gasteiger partial charge in [-0.05, 0) is 83.9 Å². The number of halogens is 1. The second kappa shape index (κ2) is 16.9. The van der Waals surface area contributed by atoms with Gasteiger partial charge in [-0.25, -0.2) is 14.6 Å². The molecule has 8 nitrogen and oxygen atoms in total. The second-order valence-corrected chi connectivity index (χ2v) is 12.6. The molecule has 0 saturated heterocycles. The van der Waals surface area contributed by atoms with Crippen LogP contribution in [0.5, 0.6) is 0 Å². The minimum absolute atomic E-state index is 0.00429. The van der Waals surface area contributed by atoms with Gasteiger partial charge in [0.2, 0.25) is 5.91 Å². The first-order chi connectivity index (χ1) is 25.7. The van der Waals surface area contributed by atoms with Crippen molar-refractivity contribution in [3.63, 3.8) is 0 Å². The quantitative estimate of drug-likeness (QED) is 0.110. The van der Waals surface area contributed by atoms with E-state index in [1.807, 2.05) is 84.9 Å². The molecule has 4 N–H and O–H groups in total. The molecule has 0 fully saturated rings. The van der Waals surface area contributed by atoms with Gasteiger partial charge >= 0.3 is 11.9 Å². The SMILES string of the molecule is O=C(O)c1cc2cc(Cl)ccc2nc1NC(Cc1ccc(C#Cc2ccccc2)cc1)C(=O)NC(Cc1ccc(C#Cc2ccccc2)cc1)C(=O)O. The summed E-state index contributed by atoms with van der Waals surface area (Å²) in [6, 6.07) is 37.5. The van der Waals surface area contributed by atoms with E-state index in [-0.39, 0.29) is 24.2 Å². The summed E-state index contributed by atoms with van der Waals surface area (Å²) in [6.45, 7) is 0. The summed E-state index contributed by atoms with van der Waals surface area (Å²) in [4.78, 5) is 43.3. The maximum atomic E-state index is 14.0. The number of benzene rings is 5. The van der Waals surface area contributed by atoms with Crippen molar-refractivity contribution in [2.24, 2.45) is 0 Å². The van der Waals surface area contributed by atoms with Gasteiger partial charge in [-0.2, -0.15) is 0 Å². The second-order valence-electron chi connectivity index (χ2n) is 12.2. The number of fused-ring (bicyclic) bond motifs is 1. The van der Waals surface area contributed by atoms with Crippen LogP contribution in [0.25, 0.3) is 10.9 Å². The molecule has 0 saturated carbocycles. The molecule has 0 spiro atoms. The molecule has 0 aliphatic rings. The van der Waals surface area contributed by atoms with Crippen molar-refractivity contribution in [1.82, 2.24) is 10.3 Å². The Kier molecular flexibility index (Phi) is 11.5. The number of carboxylic acid groups (broad SMARTS) is 2. The standard InChI is InChI=1S/C44H32ClN3O5/c45-36-23-24-38-35(27-36)28-37(43(50)51)41(46-38)47-39(25-33-19-15-31(16-20-33)13-11-29-7-3-1-4-8-29)42(49)48-40(44(52)53)26-34-21-17-32(18-22-34)14-12-30-9-5-2-6-10-30/h1-10,15-24,27-28,39-40H,25-26H2,(H,46,47)(H,48,49)(H,50,51)(H,52,53). The van der Waals surface area contributed by atoms with Crippen molar-refractivity contribution in [3.8, 4) is 23.7 Å². The molecule has 0 aliphatic carbocycles. The molecule has 5 aromatic carbocycles. The topological polar surface area (TPSA) is 129 Å². The van der Waals surface area contributed by atoms with Crippen LogP contribution >= 0.6 is 11.6 Å². The van der Waals surface area contributed by atoms with Crippen LogP contribution < -0.4 is 10.6 Å². The normalized spacial score (nSPS) is 11.6. The fourth-order valence-corrected chi connectivity index (χ4v) is 5.70. The fourth-order valence-electron chi connectivity index (χ4n) is 5.52. The molecule has 6 aromatic rings. The van der Waals surface area contributed by atoms with Crippen LogP contribution in [0.15, 0.2) is 133 Å². The van der Waals surface area contributed by atoms with Gasteiger partial charge in [-0.15, -0.1) is 0 Å². The number of carboxylic acids is 2. The predicted molar refractivity (Wildman–Crippen MR) is 206 cm³/mol. The third kappa shape index (κ3) is 9.89. The molecule has 260 valence electrons. The highest BCUT2D eigenvalue weighted by Gasteiger charge is 2.28. The lowest BCUT2D eigenvalue weighted by molar-refractivity contribution is -0.141. The first-order valence-electron chi connectivity index (χ1n) is 16.7. The summed E-state index contributed by atoms with van der Waals surface area (Å²) in [5, 5.41) is 26.8. The number of aliphatic carboxylic acids is 1. The predicted octanol–water partition coefficient (Wildman–Crippen LogP) is 7.22. The number of nitrogens with one attached hydrogen (secondary N) is 2. The number of carbonyl (C=O) groups excluding carboxylic acids is 1. The zero-order valence-corrected chi connectivity index (χ0v) is 29.0. The van der Waals surface area contributed by atoms with Crippen LogP contribution in [0.2, 0.25) is 5.02 Å². The van der Waals surface area contributed by atoms with Gasteiger partial charge in [0.05, 0.1) is 5.52 Å². The van der Waals surface area contributed by atoms with Crippen LogP contribution in [-0.4, -0.2) is 45.1 Å². The molecule has 1 amide bonds. The van der Waals surface area contributed by atoms with Crippen molar-refractivity contribution in [3.05, 3.63) is 177 Å². The largest absolute Gasteiger partial charge is 0.480 e. The van der Waals surface area contributed by atoms with Crippen LogP contribution in [-0.2, 0) is 22.4 Å². The van der Waals surface area contributed by atoms with Gasteiger partial charge in [0, 0.05) is 45.5 Å². The number of pyridine rings is 1. The molecular weight excluding hydrogens is 686 g/mol. The summed E-state index contributed by atoms with van der Waals surface area (Å²) in [6.07, 6.45) is 0.0864. The highest BCUT2D eigenvalue weighted by atomic mass is 35.5. The number of hydrogen-bond donors (Lipinski definition) is 4. The van der Waals surface area contributed by atoms with E-state index in [0.717, 1.165) is 27.8 Å². The number of anilines is 1. The van der Waals surface area contributed by atoms with Crippen molar-refractivity contribution < 1.29 is 24.6 Å². The van der Waals surface area contributed by atoms with E-state index >= 15 is 0 Å². The molecule has 0 radical (unpaired) electrons. The zero-order valence-electron chi connectivity index (χ0n) is 28.2. The molecule has 9 heteroatoms. The molecule has 6 rings (SSSR count). The van der Waals surface area contributed by atoms with Crippen LogP contribution in [0.1, 0.15) is 43.7 Å². The van der Waals surface area contributed by atoms with E-state index in [2.05, 4.69) is 39.3 Å². The van der Waals surface area contributed by atoms with Gasteiger partial charge in [-0.1, -0.05) is 95.9 Å².